The van der Waals surface area contributed by atoms with Gasteiger partial charge in [-0.3, -0.25) is 9.59 Å². The largest absolute Gasteiger partial charge is 0.505 e. The van der Waals surface area contributed by atoms with Crippen molar-refractivity contribution in [2.24, 2.45) is 0 Å². The number of nitrogens with zero attached hydrogens (tertiary/aromatic N) is 3. The molecule has 0 saturated carbocycles. The number of fused-ring (bicyclic) bond motifs is 1. The maximum absolute atomic E-state index is 13.4. The third-order valence-electron chi connectivity index (χ3n) is 6.40. The quantitative estimate of drug-likeness (QED) is 0.226. The molecule has 5 rings (SSSR count). The lowest BCUT2D eigenvalue weighted by atomic mass is 9.96. The number of carbonyl (C=O) groups excluding carboxylic acids is 2. The van der Waals surface area contributed by atoms with Gasteiger partial charge in [-0.2, -0.15) is 0 Å². The number of benzene rings is 1. The van der Waals surface area contributed by atoms with Gasteiger partial charge in [0.05, 0.1) is 36.7 Å². The number of ketones is 1. The molecule has 4 heterocycles. The second kappa shape index (κ2) is 9.37. The highest BCUT2D eigenvalue weighted by Crippen LogP contribution is 2.41. The molecule has 1 N–H and O–H groups in total. The number of imidazole rings is 1. The molecule has 1 unspecified atom stereocenters. The highest BCUT2D eigenvalue weighted by molar-refractivity contribution is 6.46. The van der Waals surface area contributed by atoms with Gasteiger partial charge in [-0.1, -0.05) is 25.1 Å². The summed E-state index contributed by atoms with van der Waals surface area (Å²) in [6.07, 6.45) is 4.21. The van der Waals surface area contributed by atoms with E-state index >= 15 is 0 Å². The van der Waals surface area contributed by atoms with Crippen molar-refractivity contribution in [2.45, 2.75) is 39.8 Å². The minimum absolute atomic E-state index is 0.0108. The summed E-state index contributed by atoms with van der Waals surface area (Å²) in [4.78, 5) is 32.7. The Labute approximate surface area is 208 Å². The van der Waals surface area contributed by atoms with Gasteiger partial charge in [0.2, 0.25) is 0 Å². The zero-order valence-corrected chi connectivity index (χ0v) is 20.4. The van der Waals surface area contributed by atoms with Crippen LogP contribution in [0.5, 0.6) is 5.75 Å². The lowest BCUT2D eigenvalue weighted by molar-refractivity contribution is -0.140. The van der Waals surface area contributed by atoms with E-state index in [2.05, 4.69) is 4.98 Å². The number of aliphatic hydroxyl groups is 1. The molecule has 184 valence electrons. The van der Waals surface area contributed by atoms with Gasteiger partial charge in [-0.05, 0) is 61.7 Å². The molecule has 36 heavy (non-hydrogen) atoms. The first-order valence-electron chi connectivity index (χ1n) is 11.9. The number of hydrogen-bond donors (Lipinski definition) is 1. The van der Waals surface area contributed by atoms with E-state index < -0.39 is 17.7 Å². The number of aromatic nitrogens is 2. The minimum Gasteiger partial charge on any atom is -0.505 e. The Morgan fingerprint density at radius 3 is 2.69 bits per heavy atom. The molecule has 4 aromatic rings. The summed E-state index contributed by atoms with van der Waals surface area (Å²) in [7, 11) is 0. The third kappa shape index (κ3) is 3.94. The summed E-state index contributed by atoms with van der Waals surface area (Å²) in [5.41, 5.74) is 3.17. The highest BCUT2D eigenvalue weighted by atomic mass is 16.5. The molecule has 3 aromatic heterocycles. The van der Waals surface area contributed by atoms with Crippen molar-refractivity contribution in [1.29, 1.82) is 0 Å². The molecule has 8 nitrogen and oxygen atoms in total. The Morgan fingerprint density at radius 1 is 1.14 bits per heavy atom. The van der Waals surface area contributed by atoms with Crippen molar-refractivity contribution in [1.82, 2.24) is 14.3 Å². The summed E-state index contributed by atoms with van der Waals surface area (Å²) in [6.45, 7) is 6.37. The standard InChI is InChI=1S/C28H27N3O5/c1-4-13-35-20-10-5-9-19(15-20)24-22(26(33)28(34)31(24)16-21-11-7-14-36-21)25(32)23-18(3)30-12-6-8-17(2)27(30)29-23/h5-12,14-15,24,32H,4,13,16H2,1-3H3/b25-22+. The van der Waals surface area contributed by atoms with Crippen LogP contribution in [0.1, 0.15) is 47.7 Å². The molecule has 0 spiro atoms. The SMILES string of the molecule is CCCOc1cccc(C2/C(=C(\O)c3nc4c(C)cccn4c3C)C(=O)C(=O)N2Cc2ccco2)c1. The van der Waals surface area contributed by atoms with Crippen LogP contribution in [0.2, 0.25) is 0 Å². The fourth-order valence-corrected chi connectivity index (χ4v) is 4.63. The van der Waals surface area contributed by atoms with Crippen molar-refractivity contribution in [3.63, 3.8) is 0 Å². The molecule has 1 aliphatic rings. The number of hydrogen-bond acceptors (Lipinski definition) is 6. The number of Topliss-reactive ketones (excluding diaryl/α,β-unsaturated/α-hetero) is 1. The summed E-state index contributed by atoms with van der Waals surface area (Å²) in [5, 5.41) is 11.5. The second-order valence-corrected chi connectivity index (χ2v) is 8.86. The Kier molecular flexibility index (Phi) is 6.10. The maximum atomic E-state index is 13.4. The van der Waals surface area contributed by atoms with Crippen LogP contribution in [0, 0.1) is 13.8 Å². The number of pyridine rings is 1. The molecule has 0 bridgehead atoms. The first-order valence-corrected chi connectivity index (χ1v) is 11.9. The maximum Gasteiger partial charge on any atom is 0.296 e. The summed E-state index contributed by atoms with van der Waals surface area (Å²) >= 11 is 0. The fraction of sp³-hybridized carbons (Fsp3) is 0.250. The summed E-state index contributed by atoms with van der Waals surface area (Å²) < 4.78 is 13.1. The van der Waals surface area contributed by atoms with Crippen LogP contribution in [0.15, 0.2) is 71.0 Å². The average Bonchev–Trinajstić information content (AvgIpc) is 3.58. The molecular formula is C28H27N3O5. The smallest absolute Gasteiger partial charge is 0.296 e. The first-order chi connectivity index (χ1) is 17.4. The number of furan rings is 1. The van der Waals surface area contributed by atoms with Crippen LogP contribution in [-0.4, -0.2) is 37.7 Å². The first kappa shape index (κ1) is 23.4. The van der Waals surface area contributed by atoms with Gasteiger partial charge in [-0.15, -0.1) is 0 Å². The van der Waals surface area contributed by atoms with Crippen LogP contribution >= 0.6 is 0 Å². The molecule has 0 radical (unpaired) electrons. The van der Waals surface area contributed by atoms with E-state index in [1.807, 2.05) is 61.7 Å². The van der Waals surface area contributed by atoms with E-state index in [9.17, 15) is 14.7 Å². The van der Waals surface area contributed by atoms with Gasteiger partial charge in [0, 0.05) is 6.20 Å². The van der Waals surface area contributed by atoms with Crippen molar-refractivity contribution < 1.29 is 23.8 Å². The monoisotopic (exact) mass is 485 g/mol. The zero-order valence-electron chi connectivity index (χ0n) is 20.4. The van der Waals surface area contributed by atoms with Crippen LogP contribution in [0.25, 0.3) is 11.4 Å². The minimum atomic E-state index is -0.842. The predicted octanol–water partition coefficient (Wildman–Crippen LogP) is 4.95. The van der Waals surface area contributed by atoms with E-state index in [0.717, 1.165) is 12.0 Å². The highest BCUT2D eigenvalue weighted by Gasteiger charge is 2.47. The van der Waals surface area contributed by atoms with E-state index in [4.69, 9.17) is 9.15 Å². The van der Waals surface area contributed by atoms with E-state index in [0.29, 0.717) is 35.0 Å². The molecular weight excluding hydrogens is 458 g/mol. The molecule has 1 saturated heterocycles. The Bertz CT molecular complexity index is 1480. The van der Waals surface area contributed by atoms with Crippen LogP contribution in [0.4, 0.5) is 0 Å². The van der Waals surface area contributed by atoms with Crippen LogP contribution in [0.3, 0.4) is 0 Å². The Balaban J connectivity index is 1.69. The Morgan fingerprint density at radius 2 is 1.97 bits per heavy atom. The molecule has 8 heteroatoms. The van der Waals surface area contributed by atoms with Gasteiger partial charge in [-0.25, -0.2) is 4.98 Å². The lowest BCUT2D eigenvalue weighted by Crippen LogP contribution is -2.29. The van der Waals surface area contributed by atoms with Crippen LogP contribution < -0.4 is 4.74 Å². The molecule has 1 fully saturated rings. The van der Waals surface area contributed by atoms with Crippen molar-refractivity contribution >= 4 is 23.1 Å². The van der Waals surface area contributed by atoms with Gasteiger partial charge in [0.25, 0.3) is 11.7 Å². The number of ether oxygens (including phenoxy) is 1. The molecule has 0 aliphatic carbocycles. The number of aryl methyl sites for hydroxylation is 2. The number of carbonyl (C=O) groups is 2. The summed E-state index contributed by atoms with van der Waals surface area (Å²) in [5.74, 6) is -0.634. The molecule has 1 aromatic carbocycles. The number of rotatable bonds is 7. The van der Waals surface area contributed by atoms with Gasteiger partial charge < -0.3 is 23.6 Å². The normalized spacial score (nSPS) is 17.3. The fourth-order valence-electron chi connectivity index (χ4n) is 4.63. The molecule has 1 atom stereocenters. The van der Waals surface area contributed by atoms with E-state index in [-0.39, 0.29) is 23.6 Å². The van der Waals surface area contributed by atoms with Gasteiger partial charge in [0.1, 0.15) is 22.9 Å². The Hall–Kier alpha value is -4.33. The number of amides is 1. The number of likely N-dealkylation sites (tertiary alicyclic amines) is 1. The predicted molar refractivity (Wildman–Crippen MR) is 133 cm³/mol. The van der Waals surface area contributed by atoms with E-state index in [1.54, 1.807) is 18.2 Å². The number of aliphatic hydroxyl groups excluding tert-OH is 1. The van der Waals surface area contributed by atoms with Crippen molar-refractivity contribution in [3.8, 4) is 5.75 Å². The zero-order chi connectivity index (χ0) is 25.4. The third-order valence-corrected chi connectivity index (χ3v) is 6.40. The molecule has 1 amide bonds. The topological polar surface area (TPSA) is 97.3 Å². The van der Waals surface area contributed by atoms with Crippen molar-refractivity contribution in [3.05, 3.63) is 94.8 Å². The van der Waals surface area contributed by atoms with Gasteiger partial charge >= 0.3 is 0 Å². The lowest BCUT2D eigenvalue weighted by Gasteiger charge is -2.24. The van der Waals surface area contributed by atoms with Crippen molar-refractivity contribution in [2.75, 3.05) is 6.61 Å². The summed E-state index contributed by atoms with van der Waals surface area (Å²) in [6, 6.07) is 13.7. The molecule has 1 aliphatic heterocycles. The van der Waals surface area contributed by atoms with E-state index in [1.165, 1.54) is 11.2 Å². The average molecular weight is 486 g/mol. The second-order valence-electron chi connectivity index (χ2n) is 8.86. The van der Waals surface area contributed by atoms with Crippen LogP contribution in [-0.2, 0) is 16.1 Å². The van der Waals surface area contributed by atoms with Gasteiger partial charge in [0.15, 0.2) is 5.76 Å².